The number of H-pyrrole nitrogens is 2. The highest BCUT2D eigenvalue weighted by Gasteiger charge is 2.22. The van der Waals surface area contributed by atoms with Crippen molar-refractivity contribution in [3.05, 3.63) is 53.7 Å². The largest absolute Gasteiger partial charge is 0.486 e. The first-order valence-electron chi connectivity index (χ1n) is 11.3. The number of carbonyl (C=O) groups is 1. The zero-order valence-corrected chi connectivity index (χ0v) is 18.5. The number of hydrogen-bond acceptors (Lipinski definition) is 7. The molecule has 3 N–H and O–H groups in total. The number of benzene rings is 2. The van der Waals surface area contributed by atoms with Gasteiger partial charge in [0.25, 0.3) is 5.91 Å². The molecule has 34 heavy (non-hydrogen) atoms. The van der Waals surface area contributed by atoms with E-state index >= 15 is 0 Å². The van der Waals surface area contributed by atoms with Gasteiger partial charge in [-0.25, -0.2) is 4.98 Å². The van der Waals surface area contributed by atoms with E-state index in [1.54, 1.807) is 24.4 Å². The van der Waals surface area contributed by atoms with Crippen molar-refractivity contribution in [3.63, 3.8) is 0 Å². The summed E-state index contributed by atoms with van der Waals surface area (Å²) >= 11 is 0. The molecule has 4 aromatic rings. The molecular weight excluding hydrogens is 436 g/mol. The Morgan fingerprint density at radius 3 is 2.88 bits per heavy atom. The van der Waals surface area contributed by atoms with Crippen LogP contribution >= 0.6 is 0 Å². The second kappa shape index (κ2) is 8.81. The fourth-order valence-corrected chi connectivity index (χ4v) is 4.29. The number of para-hydroxylation sites is 1. The third-order valence-corrected chi connectivity index (χ3v) is 5.99. The zero-order chi connectivity index (χ0) is 22.9. The molecule has 1 amide bonds. The van der Waals surface area contributed by atoms with Gasteiger partial charge in [0.2, 0.25) is 0 Å². The number of aromatic amines is 2. The van der Waals surface area contributed by atoms with Crippen LogP contribution in [0.5, 0.6) is 11.5 Å². The average molecular weight is 460 g/mol. The summed E-state index contributed by atoms with van der Waals surface area (Å²) in [6, 6.07) is 11.5. The lowest BCUT2D eigenvalue weighted by Gasteiger charge is -2.26. The molecule has 6 rings (SSSR count). The van der Waals surface area contributed by atoms with Gasteiger partial charge in [0, 0.05) is 19.6 Å². The normalized spacial score (nSPS) is 16.0. The number of aromatic nitrogens is 4. The van der Waals surface area contributed by atoms with Crippen molar-refractivity contribution < 1.29 is 19.0 Å². The maximum atomic E-state index is 13.0. The SMILES string of the molecule is O=C(Nc1cn[nH]c1-c1nc2ccc(CN3CCOCC3)cc2[nH]1)c1cccc2c1OCCO2. The highest BCUT2D eigenvalue weighted by atomic mass is 16.6. The lowest BCUT2D eigenvalue weighted by molar-refractivity contribution is 0.0342. The fraction of sp³-hybridized carbons (Fsp3) is 0.292. The summed E-state index contributed by atoms with van der Waals surface area (Å²) in [5.41, 5.74) is 4.50. The average Bonchev–Trinajstić information content (AvgIpc) is 3.50. The van der Waals surface area contributed by atoms with Crippen LogP contribution in [0, 0.1) is 0 Å². The number of ether oxygens (including phenoxy) is 3. The maximum absolute atomic E-state index is 13.0. The van der Waals surface area contributed by atoms with E-state index in [-0.39, 0.29) is 5.91 Å². The van der Waals surface area contributed by atoms with Gasteiger partial charge in [-0.1, -0.05) is 12.1 Å². The van der Waals surface area contributed by atoms with E-state index in [1.165, 1.54) is 5.56 Å². The van der Waals surface area contributed by atoms with E-state index in [4.69, 9.17) is 19.2 Å². The molecule has 0 bridgehead atoms. The molecule has 2 aliphatic rings. The topological polar surface area (TPSA) is 117 Å². The molecule has 4 heterocycles. The Kier molecular flexibility index (Phi) is 5.36. The molecule has 10 heteroatoms. The summed E-state index contributed by atoms with van der Waals surface area (Å²) < 4.78 is 16.7. The molecule has 2 aromatic carbocycles. The number of nitrogens with one attached hydrogen (secondary N) is 3. The number of carbonyl (C=O) groups excluding carboxylic acids is 1. The Morgan fingerprint density at radius 1 is 1.09 bits per heavy atom. The van der Waals surface area contributed by atoms with Gasteiger partial charge in [-0.05, 0) is 29.8 Å². The third-order valence-electron chi connectivity index (χ3n) is 5.99. The van der Waals surface area contributed by atoms with Crippen molar-refractivity contribution in [2.75, 3.05) is 44.8 Å². The summed E-state index contributed by atoms with van der Waals surface area (Å²) in [5.74, 6) is 1.30. The van der Waals surface area contributed by atoms with Gasteiger partial charge in [0.05, 0.1) is 41.7 Å². The van der Waals surface area contributed by atoms with Crippen LogP contribution < -0.4 is 14.8 Å². The van der Waals surface area contributed by atoms with Crippen molar-refractivity contribution in [2.45, 2.75) is 6.54 Å². The van der Waals surface area contributed by atoms with E-state index in [0.717, 1.165) is 43.9 Å². The van der Waals surface area contributed by atoms with Crippen LogP contribution in [0.15, 0.2) is 42.6 Å². The summed E-state index contributed by atoms with van der Waals surface area (Å²) in [6.45, 7) is 5.15. The lowest BCUT2D eigenvalue weighted by Crippen LogP contribution is -2.35. The molecule has 1 fully saturated rings. The quantitative estimate of drug-likeness (QED) is 0.419. The molecule has 174 valence electrons. The van der Waals surface area contributed by atoms with Crippen LogP contribution in [0.4, 0.5) is 5.69 Å². The summed E-state index contributed by atoms with van der Waals surface area (Å²) in [6.07, 6.45) is 1.57. The molecule has 0 unspecified atom stereocenters. The van der Waals surface area contributed by atoms with Crippen LogP contribution in [0.2, 0.25) is 0 Å². The molecule has 2 aliphatic heterocycles. The number of nitrogens with zero attached hydrogens (tertiary/aromatic N) is 3. The molecule has 0 aliphatic carbocycles. The monoisotopic (exact) mass is 460 g/mol. The number of hydrogen-bond donors (Lipinski definition) is 3. The van der Waals surface area contributed by atoms with Crippen LogP contribution in [0.25, 0.3) is 22.6 Å². The molecule has 0 radical (unpaired) electrons. The number of fused-ring (bicyclic) bond motifs is 2. The Hall–Kier alpha value is -3.89. The second-order valence-electron chi connectivity index (χ2n) is 8.27. The minimum Gasteiger partial charge on any atom is -0.486 e. The van der Waals surface area contributed by atoms with Crippen LogP contribution in [-0.4, -0.2) is 70.5 Å². The maximum Gasteiger partial charge on any atom is 0.259 e. The molecule has 1 saturated heterocycles. The van der Waals surface area contributed by atoms with E-state index in [1.807, 2.05) is 6.07 Å². The number of rotatable bonds is 5. The van der Waals surface area contributed by atoms with Gasteiger partial charge < -0.3 is 24.5 Å². The van der Waals surface area contributed by atoms with Gasteiger partial charge in [-0.3, -0.25) is 14.8 Å². The number of morpholine rings is 1. The van der Waals surface area contributed by atoms with Crippen LogP contribution in [0.3, 0.4) is 0 Å². The van der Waals surface area contributed by atoms with Crippen LogP contribution in [0.1, 0.15) is 15.9 Å². The Morgan fingerprint density at radius 2 is 1.97 bits per heavy atom. The molecule has 10 nitrogen and oxygen atoms in total. The Bertz CT molecular complexity index is 1340. The van der Waals surface area contributed by atoms with Gasteiger partial charge in [0.1, 0.15) is 18.9 Å². The van der Waals surface area contributed by atoms with Crippen molar-refractivity contribution in [3.8, 4) is 23.0 Å². The number of anilines is 1. The van der Waals surface area contributed by atoms with Gasteiger partial charge in [0.15, 0.2) is 17.3 Å². The molecule has 0 atom stereocenters. The highest BCUT2D eigenvalue weighted by Crippen LogP contribution is 2.34. The second-order valence-corrected chi connectivity index (χ2v) is 8.27. The molecule has 0 spiro atoms. The van der Waals surface area contributed by atoms with Gasteiger partial charge >= 0.3 is 0 Å². The first-order valence-corrected chi connectivity index (χ1v) is 11.3. The van der Waals surface area contributed by atoms with E-state index in [2.05, 4.69) is 37.5 Å². The predicted molar refractivity (Wildman–Crippen MR) is 125 cm³/mol. The summed E-state index contributed by atoms with van der Waals surface area (Å²) in [7, 11) is 0. The van der Waals surface area contributed by atoms with Crippen molar-refractivity contribution >= 4 is 22.6 Å². The number of amides is 1. The minimum atomic E-state index is -0.311. The first-order chi connectivity index (χ1) is 16.7. The van der Waals surface area contributed by atoms with E-state index in [0.29, 0.717) is 47.5 Å². The number of imidazole rings is 1. The van der Waals surface area contributed by atoms with Gasteiger partial charge in [-0.2, -0.15) is 5.10 Å². The summed E-state index contributed by atoms with van der Waals surface area (Å²) in [4.78, 5) is 23.5. The zero-order valence-electron chi connectivity index (χ0n) is 18.5. The van der Waals surface area contributed by atoms with Gasteiger partial charge in [-0.15, -0.1) is 0 Å². The standard InChI is InChI=1S/C24H24N6O4/c31-24(16-2-1-3-20-22(16)34-11-10-33-20)28-19-13-25-29-21(19)23-26-17-5-4-15(12-18(17)27-23)14-30-6-8-32-9-7-30/h1-5,12-13H,6-11,14H2,(H,25,29)(H,26,27)(H,28,31). The van der Waals surface area contributed by atoms with Crippen molar-refractivity contribution in [2.24, 2.45) is 0 Å². The molecular formula is C24H24N6O4. The lowest BCUT2D eigenvalue weighted by atomic mass is 10.1. The smallest absolute Gasteiger partial charge is 0.259 e. The fourth-order valence-electron chi connectivity index (χ4n) is 4.29. The van der Waals surface area contributed by atoms with E-state index < -0.39 is 0 Å². The Labute approximate surface area is 195 Å². The summed E-state index contributed by atoms with van der Waals surface area (Å²) in [5, 5.41) is 9.99. The first kappa shape index (κ1) is 20.7. The van der Waals surface area contributed by atoms with Crippen LogP contribution in [-0.2, 0) is 11.3 Å². The molecule has 0 saturated carbocycles. The highest BCUT2D eigenvalue weighted by molar-refractivity contribution is 6.08. The van der Waals surface area contributed by atoms with E-state index in [9.17, 15) is 4.79 Å². The minimum absolute atomic E-state index is 0.311. The predicted octanol–water partition coefficient (Wildman–Crippen LogP) is 2.81. The Balaban J connectivity index is 1.24. The molecule has 2 aromatic heterocycles. The third kappa shape index (κ3) is 3.97. The van der Waals surface area contributed by atoms with Crippen molar-refractivity contribution in [1.29, 1.82) is 0 Å². The van der Waals surface area contributed by atoms with Crippen molar-refractivity contribution in [1.82, 2.24) is 25.1 Å².